The lowest BCUT2D eigenvalue weighted by Gasteiger charge is -2.08. The zero-order valence-electron chi connectivity index (χ0n) is 14.1. The number of benzene rings is 2. The maximum Gasteiger partial charge on any atom is 0.256 e. The molecule has 0 unspecified atom stereocenters. The molecule has 0 saturated carbocycles. The lowest BCUT2D eigenvalue weighted by molar-refractivity contribution is 0.102. The third-order valence-electron chi connectivity index (χ3n) is 4.21. The first-order valence-corrected chi connectivity index (χ1v) is 9.30. The summed E-state index contributed by atoms with van der Waals surface area (Å²) in [4.78, 5) is 17.3. The molecule has 0 atom stereocenters. The molecule has 0 radical (unpaired) electrons. The number of aromatic nitrogens is 2. The summed E-state index contributed by atoms with van der Waals surface area (Å²) in [5, 5.41) is 2.98. The summed E-state index contributed by atoms with van der Waals surface area (Å²) in [5.74, 6) is -0.113. The zero-order chi connectivity index (χ0) is 18.1. The van der Waals surface area contributed by atoms with Crippen LogP contribution in [0.2, 0.25) is 0 Å². The van der Waals surface area contributed by atoms with Crippen molar-refractivity contribution >= 4 is 39.8 Å². The van der Waals surface area contributed by atoms with Gasteiger partial charge in [0.25, 0.3) is 5.91 Å². The van der Waals surface area contributed by atoms with Crippen molar-refractivity contribution in [2.24, 2.45) is 0 Å². The number of anilines is 1. The molecule has 128 valence electrons. The van der Waals surface area contributed by atoms with E-state index in [4.69, 9.17) is 4.98 Å². The maximum atomic E-state index is 12.5. The van der Waals surface area contributed by atoms with Gasteiger partial charge in [0.15, 0.2) is 0 Å². The summed E-state index contributed by atoms with van der Waals surface area (Å²) in [7, 11) is 0. The Kier molecular flexibility index (Phi) is 4.46. The van der Waals surface area contributed by atoms with E-state index in [1.807, 2.05) is 84.4 Å². The first-order chi connectivity index (χ1) is 12.6. The monoisotopic (exact) mass is 453 g/mol. The molecule has 0 spiro atoms. The van der Waals surface area contributed by atoms with Crippen LogP contribution in [-0.2, 0) is 0 Å². The lowest BCUT2D eigenvalue weighted by atomic mass is 10.1. The van der Waals surface area contributed by atoms with E-state index in [2.05, 4.69) is 27.9 Å². The zero-order valence-corrected chi connectivity index (χ0v) is 16.3. The number of aryl methyl sites for hydroxylation is 1. The Labute approximate surface area is 165 Å². The molecule has 0 aliphatic rings. The van der Waals surface area contributed by atoms with E-state index in [9.17, 15) is 4.79 Å². The molecule has 26 heavy (non-hydrogen) atoms. The molecular formula is C21H16IN3O. The number of nitrogens with zero attached hydrogens (tertiary/aromatic N) is 2. The van der Waals surface area contributed by atoms with Crippen molar-refractivity contribution in [2.45, 2.75) is 6.92 Å². The highest BCUT2D eigenvalue weighted by Gasteiger charge is 2.11. The first-order valence-electron chi connectivity index (χ1n) is 8.22. The molecule has 2 heterocycles. The van der Waals surface area contributed by atoms with E-state index in [0.717, 1.165) is 31.7 Å². The first kappa shape index (κ1) is 16.8. The van der Waals surface area contributed by atoms with Crippen LogP contribution < -0.4 is 5.32 Å². The second kappa shape index (κ2) is 6.92. The topological polar surface area (TPSA) is 46.4 Å². The van der Waals surface area contributed by atoms with E-state index in [-0.39, 0.29) is 5.91 Å². The highest BCUT2D eigenvalue weighted by molar-refractivity contribution is 14.1. The average molecular weight is 453 g/mol. The predicted molar refractivity (Wildman–Crippen MR) is 112 cm³/mol. The Morgan fingerprint density at radius 1 is 1.08 bits per heavy atom. The van der Waals surface area contributed by atoms with Crippen molar-refractivity contribution in [1.29, 1.82) is 0 Å². The number of carbonyl (C=O) groups excluding carboxylic acids is 1. The van der Waals surface area contributed by atoms with Crippen LogP contribution in [0.5, 0.6) is 0 Å². The van der Waals surface area contributed by atoms with Crippen LogP contribution in [0.3, 0.4) is 0 Å². The van der Waals surface area contributed by atoms with Crippen LogP contribution in [0.15, 0.2) is 73.1 Å². The van der Waals surface area contributed by atoms with Gasteiger partial charge in [-0.15, -0.1) is 0 Å². The minimum Gasteiger partial charge on any atom is -0.322 e. The molecule has 4 nitrogen and oxygen atoms in total. The van der Waals surface area contributed by atoms with Crippen molar-refractivity contribution in [3.05, 3.63) is 87.8 Å². The summed E-state index contributed by atoms with van der Waals surface area (Å²) >= 11 is 2.17. The number of hydrogen-bond donors (Lipinski definition) is 1. The number of rotatable bonds is 3. The summed E-state index contributed by atoms with van der Waals surface area (Å²) in [6.45, 7) is 2.05. The Hall–Kier alpha value is -2.67. The fourth-order valence-electron chi connectivity index (χ4n) is 2.89. The van der Waals surface area contributed by atoms with E-state index in [1.165, 1.54) is 0 Å². The largest absolute Gasteiger partial charge is 0.322 e. The Morgan fingerprint density at radius 3 is 2.73 bits per heavy atom. The smallest absolute Gasteiger partial charge is 0.256 e. The quantitative estimate of drug-likeness (QED) is 0.436. The van der Waals surface area contributed by atoms with Gasteiger partial charge in [0.1, 0.15) is 5.65 Å². The molecule has 0 fully saturated rings. The lowest BCUT2D eigenvalue weighted by Crippen LogP contribution is -2.13. The predicted octanol–water partition coefficient (Wildman–Crippen LogP) is 5.17. The van der Waals surface area contributed by atoms with Crippen molar-refractivity contribution < 1.29 is 4.79 Å². The molecule has 0 aliphatic carbocycles. The molecule has 2 aromatic heterocycles. The SMILES string of the molecule is Cc1cccn2cc(-c3cccc(NC(=O)c4ccccc4I)c3)nc12. The number of carbonyl (C=O) groups is 1. The molecule has 1 amide bonds. The molecule has 4 rings (SSSR count). The molecular weight excluding hydrogens is 437 g/mol. The second-order valence-electron chi connectivity index (χ2n) is 6.06. The summed E-state index contributed by atoms with van der Waals surface area (Å²) in [5.41, 5.74) is 5.33. The maximum absolute atomic E-state index is 12.5. The molecule has 2 aromatic carbocycles. The van der Waals surface area contributed by atoms with E-state index < -0.39 is 0 Å². The second-order valence-corrected chi connectivity index (χ2v) is 7.23. The van der Waals surface area contributed by atoms with Crippen molar-refractivity contribution in [2.75, 3.05) is 5.32 Å². The van der Waals surface area contributed by atoms with Gasteiger partial charge >= 0.3 is 0 Å². The van der Waals surface area contributed by atoms with Crippen LogP contribution in [-0.4, -0.2) is 15.3 Å². The summed E-state index contributed by atoms with van der Waals surface area (Å²) in [6.07, 6.45) is 3.99. The standard InChI is InChI=1S/C21H16IN3O/c1-14-6-5-11-25-13-19(24-20(14)25)15-7-4-8-16(12-15)23-21(26)17-9-2-3-10-18(17)22/h2-13H,1H3,(H,23,26). The average Bonchev–Trinajstić information content (AvgIpc) is 3.08. The van der Waals surface area contributed by atoms with Gasteiger partial charge in [-0.1, -0.05) is 30.3 Å². The van der Waals surface area contributed by atoms with Crippen LogP contribution in [0, 0.1) is 10.5 Å². The van der Waals surface area contributed by atoms with E-state index >= 15 is 0 Å². The van der Waals surface area contributed by atoms with Crippen LogP contribution in [0.25, 0.3) is 16.9 Å². The highest BCUT2D eigenvalue weighted by Crippen LogP contribution is 2.24. The van der Waals surface area contributed by atoms with Gasteiger partial charge in [-0.2, -0.15) is 0 Å². The number of pyridine rings is 1. The van der Waals surface area contributed by atoms with Crippen molar-refractivity contribution in [3.63, 3.8) is 0 Å². The van der Waals surface area contributed by atoms with E-state index in [0.29, 0.717) is 5.56 Å². The summed E-state index contributed by atoms with van der Waals surface area (Å²) in [6, 6.07) is 19.4. The third kappa shape index (κ3) is 3.22. The minimum atomic E-state index is -0.113. The normalized spacial score (nSPS) is 10.8. The molecule has 4 aromatic rings. The van der Waals surface area contributed by atoms with Gasteiger partial charge in [0.2, 0.25) is 0 Å². The number of fused-ring (bicyclic) bond motifs is 1. The Bertz CT molecular complexity index is 1120. The van der Waals surface area contributed by atoms with Crippen LogP contribution >= 0.6 is 22.6 Å². The van der Waals surface area contributed by atoms with E-state index in [1.54, 1.807) is 0 Å². The number of halogens is 1. The molecule has 1 N–H and O–H groups in total. The number of hydrogen-bond acceptors (Lipinski definition) is 2. The van der Waals surface area contributed by atoms with Gasteiger partial charge in [-0.05, 0) is 65.4 Å². The van der Waals surface area contributed by atoms with Gasteiger partial charge < -0.3 is 9.72 Å². The van der Waals surface area contributed by atoms with Crippen molar-refractivity contribution in [1.82, 2.24) is 9.38 Å². The molecule has 0 saturated heterocycles. The summed E-state index contributed by atoms with van der Waals surface area (Å²) < 4.78 is 2.94. The Balaban J connectivity index is 1.65. The van der Waals surface area contributed by atoms with Crippen LogP contribution in [0.4, 0.5) is 5.69 Å². The highest BCUT2D eigenvalue weighted by atomic mass is 127. The number of imidazole rings is 1. The Morgan fingerprint density at radius 2 is 1.92 bits per heavy atom. The number of amides is 1. The van der Waals surface area contributed by atoms with Gasteiger partial charge in [0, 0.05) is 27.2 Å². The van der Waals surface area contributed by atoms with Crippen molar-refractivity contribution in [3.8, 4) is 11.3 Å². The van der Waals surface area contributed by atoms with Gasteiger partial charge in [-0.25, -0.2) is 4.98 Å². The molecule has 5 heteroatoms. The van der Waals surface area contributed by atoms with Gasteiger partial charge in [0.05, 0.1) is 11.3 Å². The van der Waals surface area contributed by atoms with Gasteiger partial charge in [-0.3, -0.25) is 4.79 Å². The molecule has 0 bridgehead atoms. The fourth-order valence-corrected chi connectivity index (χ4v) is 3.53. The fraction of sp³-hybridized carbons (Fsp3) is 0.0476. The molecule has 0 aliphatic heterocycles. The number of nitrogens with one attached hydrogen (secondary N) is 1. The third-order valence-corrected chi connectivity index (χ3v) is 5.15. The minimum absolute atomic E-state index is 0.113. The van der Waals surface area contributed by atoms with Crippen LogP contribution in [0.1, 0.15) is 15.9 Å².